The molecule has 0 spiro atoms. The first kappa shape index (κ1) is 11.6. The topological polar surface area (TPSA) is 58.2 Å². The fourth-order valence-electron chi connectivity index (χ4n) is 1.92. The molecule has 6 heteroatoms. The Balaban J connectivity index is 2.13. The van der Waals surface area contributed by atoms with Gasteiger partial charge in [-0.15, -0.1) is 0 Å². The van der Waals surface area contributed by atoms with E-state index in [0.29, 0.717) is 23.3 Å². The Morgan fingerprint density at radius 1 is 1.56 bits per heavy atom. The van der Waals surface area contributed by atoms with Crippen LogP contribution in [-0.4, -0.2) is 46.3 Å². The van der Waals surface area contributed by atoms with Crippen LogP contribution in [0.25, 0.3) is 0 Å². The molecule has 16 heavy (non-hydrogen) atoms. The van der Waals surface area contributed by atoms with Gasteiger partial charge in [0, 0.05) is 13.1 Å². The van der Waals surface area contributed by atoms with Crippen molar-refractivity contribution in [2.45, 2.75) is 26.1 Å². The molecular formula is C10H14BrN3O2. The molecule has 1 saturated heterocycles. The molecule has 1 aromatic rings. The van der Waals surface area contributed by atoms with Crippen molar-refractivity contribution >= 4 is 21.8 Å². The van der Waals surface area contributed by atoms with Crippen molar-refractivity contribution in [2.75, 3.05) is 13.1 Å². The second-order valence-electron chi connectivity index (χ2n) is 4.06. The van der Waals surface area contributed by atoms with Gasteiger partial charge in [0.2, 0.25) is 0 Å². The SMILES string of the molecule is C[C@H]1CN(C(=O)c2[nH]ncc2Br)C[C@H](C)O1. The zero-order chi connectivity index (χ0) is 11.7. The van der Waals surface area contributed by atoms with Gasteiger partial charge in [-0.2, -0.15) is 5.10 Å². The first-order chi connectivity index (χ1) is 7.58. The van der Waals surface area contributed by atoms with Crippen LogP contribution in [0.3, 0.4) is 0 Å². The molecule has 2 rings (SSSR count). The van der Waals surface area contributed by atoms with Crippen molar-refractivity contribution < 1.29 is 9.53 Å². The Morgan fingerprint density at radius 3 is 2.69 bits per heavy atom. The molecule has 88 valence electrons. The van der Waals surface area contributed by atoms with Gasteiger partial charge in [0.05, 0.1) is 22.9 Å². The summed E-state index contributed by atoms with van der Waals surface area (Å²) in [5.74, 6) is -0.0358. The van der Waals surface area contributed by atoms with E-state index in [-0.39, 0.29) is 18.1 Å². The number of aromatic amines is 1. The molecule has 0 saturated carbocycles. The highest BCUT2D eigenvalue weighted by Crippen LogP contribution is 2.18. The Bertz CT molecular complexity index is 383. The second-order valence-corrected chi connectivity index (χ2v) is 4.91. The molecule has 1 amide bonds. The van der Waals surface area contributed by atoms with Crippen LogP contribution < -0.4 is 0 Å². The number of carbonyl (C=O) groups excluding carboxylic acids is 1. The van der Waals surface area contributed by atoms with Crippen molar-refractivity contribution in [3.63, 3.8) is 0 Å². The molecule has 0 aromatic carbocycles. The smallest absolute Gasteiger partial charge is 0.273 e. The number of ether oxygens (including phenoxy) is 1. The predicted molar refractivity (Wildman–Crippen MR) is 62.2 cm³/mol. The van der Waals surface area contributed by atoms with E-state index in [0.717, 1.165) is 0 Å². The molecule has 1 aliphatic heterocycles. The van der Waals surface area contributed by atoms with Gasteiger partial charge in [-0.1, -0.05) is 0 Å². The van der Waals surface area contributed by atoms with Gasteiger partial charge in [-0.05, 0) is 29.8 Å². The summed E-state index contributed by atoms with van der Waals surface area (Å²) in [6.07, 6.45) is 1.74. The Labute approximate surface area is 102 Å². The maximum absolute atomic E-state index is 12.1. The number of nitrogens with zero attached hydrogens (tertiary/aromatic N) is 2. The normalized spacial score (nSPS) is 25.8. The number of nitrogens with one attached hydrogen (secondary N) is 1. The fourth-order valence-corrected chi connectivity index (χ4v) is 2.28. The molecule has 5 nitrogen and oxygen atoms in total. The Kier molecular flexibility index (Phi) is 3.30. The van der Waals surface area contributed by atoms with Crippen LogP contribution >= 0.6 is 15.9 Å². The fraction of sp³-hybridized carbons (Fsp3) is 0.600. The summed E-state index contributed by atoms with van der Waals surface area (Å²) in [7, 11) is 0. The van der Waals surface area contributed by atoms with Crippen molar-refractivity contribution in [1.29, 1.82) is 0 Å². The Hall–Kier alpha value is -0.880. The lowest BCUT2D eigenvalue weighted by molar-refractivity contribution is -0.0587. The monoisotopic (exact) mass is 287 g/mol. The number of carbonyl (C=O) groups is 1. The number of H-pyrrole nitrogens is 1. The van der Waals surface area contributed by atoms with E-state index in [9.17, 15) is 4.79 Å². The molecule has 1 fully saturated rings. The van der Waals surface area contributed by atoms with Crippen molar-refractivity contribution in [2.24, 2.45) is 0 Å². The molecular weight excluding hydrogens is 274 g/mol. The van der Waals surface area contributed by atoms with Gasteiger partial charge in [-0.25, -0.2) is 0 Å². The van der Waals surface area contributed by atoms with Crippen LogP contribution in [0.15, 0.2) is 10.7 Å². The second kappa shape index (κ2) is 4.55. The molecule has 0 bridgehead atoms. The number of hydrogen-bond acceptors (Lipinski definition) is 3. The van der Waals surface area contributed by atoms with Crippen LogP contribution in [0.1, 0.15) is 24.3 Å². The Morgan fingerprint density at radius 2 is 2.19 bits per heavy atom. The van der Waals surface area contributed by atoms with E-state index >= 15 is 0 Å². The maximum Gasteiger partial charge on any atom is 0.273 e. The number of hydrogen-bond donors (Lipinski definition) is 1. The predicted octanol–water partition coefficient (Wildman–Crippen LogP) is 1.42. The van der Waals surface area contributed by atoms with Gasteiger partial charge in [0.1, 0.15) is 5.69 Å². The molecule has 1 aromatic heterocycles. The minimum atomic E-state index is -0.0358. The highest BCUT2D eigenvalue weighted by molar-refractivity contribution is 9.10. The third-order valence-corrected chi connectivity index (χ3v) is 3.12. The third-order valence-electron chi connectivity index (χ3n) is 2.51. The minimum Gasteiger partial charge on any atom is -0.372 e. The van der Waals surface area contributed by atoms with E-state index in [1.807, 2.05) is 13.8 Å². The van der Waals surface area contributed by atoms with E-state index < -0.39 is 0 Å². The first-order valence-corrected chi connectivity index (χ1v) is 6.01. The lowest BCUT2D eigenvalue weighted by Crippen LogP contribution is -2.48. The summed E-state index contributed by atoms with van der Waals surface area (Å²) in [5.41, 5.74) is 0.501. The van der Waals surface area contributed by atoms with Gasteiger partial charge >= 0.3 is 0 Å². The first-order valence-electron chi connectivity index (χ1n) is 5.21. The highest BCUT2D eigenvalue weighted by atomic mass is 79.9. The van der Waals surface area contributed by atoms with Gasteiger partial charge in [0.15, 0.2) is 0 Å². The van der Waals surface area contributed by atoms with Crippen LogP contribution in [0, 0.1) is 0 Å². The van der Waals surface area contributed by atoms with E-state index in [1.165, 1.54) is 0 Å². The quantitative estimate of drug-likeness (QED) is 0.850. The van der Waals surface area contributed by atoms with E-state index in [2.05, 4.69) is 26.1 Å². The van der Waals surface area contributed by atoms with Crippen molar-refractivity contribution in [1.82, 2.24) is 15.1 Å². The number of rotatable bonds is 1. The van der Waals surface area contributed by atoms with E-state index in [1.54, 1.807) is 11.1 Å². The molecule has 2 heterocycles. The lowest BCUT2D eigenvalue weighted by Gasteiger charge is -2.35. The van der Waals surface area contributed by atoms with Crippen LogP contribution in [0.5, 0.6) is 0 Å². The lowest BCUT2D eigenvalue weighted by atomic mass is 10.2. The van der Waals surface area contributed by atoms with Crippen molar-refractivity contribution in [3.05, 3.63) is 16.4 Å². The molecule has 0 aliphatic carbocycles. The molecule has 2 atom stereocenters. The standard InChI is InChI=1S/C10H14BrN3O2/c1-6-4-14(5-7(2)16-6)10(15)9-8(11)3-12-13-9/h3,6-7H,4-5H2,1-2H3,(H,12,13)/t6-,7-/m0/s1. The number of aromatic nitrogens is 2. The average Bonchev–Trinajstić information content (AvgIpc) is 2.62. The van der Waals surface area contributed by atoms with Gasteiger partial charge < -0.3 is 9.64 Å². The summed E-state index contributed by atoms with van der Waals surface area (Å²) in [6, 6.07) is 0. The molecule has 1 aliphatic rings. The molecule has 0 radical (unpaired) electrons. The summed E-state index contributed by atoms with van der Waals surface area (Å²) in [5, 5.41) is 6.53. The van der Waals surface area contributed by atoms with Crippen LogP contribution in [0.2, 0.25) is 0 Å². The number of morpholine rings is 1. The minimum absolute atomic E-state index is 0.0358. The van der Waals surface area contributed by atoms with Gasteiger partial charge in [0.25, 0.3) is 5.91 Å². The summed E-state index contributed by atoms with van der Waals surface area (Å²) in [6.45, 7) is 5.18. The van der Waals surface area contributed by atoms with Crippen LogP contribution in [-0.2, 0) is 4.74 Å². The third kappa shape index (κ3) is 2.27. The molecule has 0 unspecified atom stereocenters. The number of halogens is 1. The average molecular weight is 288 g/mol. The van der Waals surface area contributed by atoms with Crippen LogP contribution in [0.4, 0.5) is 0 Å². The van der Waals surface area contributed by atoms with Crippen molar-refractivity contribution in [3.8, 4) is 0 Å². The highest BCUT2D eigenvalue weighted by Gasteiger charge is 2.28. The summed E-state index contributed by atoms with van der Waals surface area (Å²) < 4.78 is 6.28. The largest absolute Gasteiger partial charge is 0.372 e. The zero-order valence-electron chi connectivity index (χ0n) is 9.24. The molecule has 1 N–H and O–H groups in total. The summed E-state index contributed by atoms with van der Waals surface area (Å²) in [4.78, 5) is 13.9. The zero-order valence-corrected chi connectivity index (χ0v) is 10.8. The van der Waals surface area contributed by atoms with Gasteiger partial charge in [-0.3, -0.25) is 9.89 Å². The maximum atomic E-state index is 12.1. The number of amides is 1. The van der Waals surface area contributed by atoms with E-state index in [4.69, 9.17) is 4.74 Å². The summed E-state index contributed by atoms with van der Waals surface area (Å²) >= 11 is 3.29.